The molecular weight excluding hydrogens is 590 g/mol. The number of sulfonamides is 1. The van der Waals surface area contributed by atoms with Crippen LogP contribution in [0.2, 0.25) is 0 Å². The zero-order valence-electron chi connectivity index (χ0n) is 20.8. The summed E-state index contributed by atoms with van der Waals surface area (Å²) in [5, 5.41) is 16.4. The Kier molecular flexibility index (Phi) is 8.39. The van der Waals surface area contributed by atoms with Gasteiger partial charge in [-0.05, 0) is 52.0 Å². The van der Waals surface area contributed by atoms with Gasteiger partial charge < -0.3 is 15.0 Å². The number of carbonyl (C=O) groups is 1. The van der Waals surface area contributed by atoms with Crippen molar-refractivity contribution in [1.82, 2.24) is 9.21 Å². The van der Waals surface area contributed by atoms with E-state index in [4.69, 9.17) is 4.74 Å². The highest BCUT2D eigenvalue weighted by Gasteiger charge is 2.30. The Morgan fingerprint density at radius 2 is 1.74 bits per heavy atom. The number of ether oxygens (including phenoxy) is 1. The van der Waals surface area contributed by atoms with Gasteiger partial charge >= 0.3 is 0 Å². The monoisotopic (exact) mass is 618 g/mol. The first-order valence-electron chi connectivity index (χ1n) is 12.6. The first-order valence-corrected chi connectivity index (χ1v) is 15.8. The van der Waals surface area contributed by atoms with Crippen LogP contribution < -0.4 is 5.32 Å². The van der Waals surface area contributed by atoms with Gasteiger partial charge in [-0.1, -0.05) is 42.5 Å². The van der Waals surface area contributed by atoms with E-state index in [9.17, 15) is 18.3 Å². The summed E-state index contributed by atoms with van der Waals surface area (Å²) in [6.45, 7) is 2.85. The summed E-state index contributed by atoms with van der Waals surface area (Å²) >= 11 is 4.63. The highest BCUT2D eigenvalue weighted by Crippen LogP contribution is 2.46. The van der Waals surface area contributed by atoms with Crippen LogP contribution in [-0.2, 0) is 25.6 Å². The predicted molar refractivity (Wildman–Crippen MR) is 152 cm³/mol. The molecule has 1 radical (unpaired) electrons. The number of morpholine rings is 1. The normalized spacial score (nSPS) is 17.4. The average Bonchev–Trinajstić information content (AvgIpc) is 3.23. The van der Waals surface area contributed by atoms with Crippen LogP contribution in [0.15, 0.2) is 59.1 Å². The Morgan fingerprint density at radius 3 is 2.45 bits per heavy atom. The van der Waals surface area contributed by atoms with Crippen molar-refractivity contribution in [3.8, 4) is 16.2 Å². The number of thiophene rings is 1. The molecule has 8 nitrogen and oxygen atoms in total. The second-order valence-corrected chi connectivity index (χ2v) is 13.2. The molecule has 0 bridgehead atoms. The number of amides is 1. The highest BCUT2D eigenvalue weighted by atomic mass is 79.9. The van der Waals surface area contributed by atoms with Gasteiger partial charge in [0, 0.05) is 37.9 Å². The van der Waals surface area contributed by atoms with Crippen LogP contribution >= 0.6 is 27.3 Å². The van der Waals surface area contributed by atoms with Gasteiger partial charge in [-0.15, -0.1) is 11.3 Å². The van der Waals surface area contributed by atoms with E-state index in [-0.39, 0.29) is 28.3 Å². The minimum absolute atomic E-state index is 0.0153. The number of halogens is 1. The van der Waals surface area contributed by atoms with Crippen LogP contribution in [0.3, 0.4) is 0 Å². The summed E-state index contributed by atoms with van der Waals surface area (Å²) in [6.07, 6.45) is 1.40. The topological polar surface area (TPSA) is 98.8 Å². The number of nitrogens with one attached hydrogen (secondary N) is 1. The number of rotatable bonds is 7. The molecule has 2 aliphatic heterocycles. The van der Waals surface area contributed by atoms with Crippen LogP contribution in [0.1, 0.15) is 28.1 Å². The van der Waals surface area contributed by atoms with Gasteiger partial charge in [0.1, 0.15) is 4.88 Å². The molecule has 38 heavy (non-hydrogen) atoms. The summed E-state index contributed by atoms with van der Waals surface area (Å²) in [7, 11) is -3.36. The lowest BCUT2D eigenvalue weighted by atomic mass is 10.1. The maximum absolute atomic E-state index is 12.9. The van der Waals surface area contributed by atoms with Crippen molar-refractivity contribution in [2.24, 2.45) is 0 Å². The molecule has 11 heteroatoms. The summed E-state index contributed by atoms with van der Waals surface area (Å²) in [5.41, 5.74) is 2.52. The molecular formula is C27H29BrN3O5S2. The SMILES string of the molecule is [O]c1c(C(=O)N2CCOCC2)sc(-c2cccc(NC3CCN(S(=O)(=O)Cc4ccccc4)CC3)c2)c1Br. The van der Waals surface area contributed by atoms with E-state index in [1.807, 2.05) is 54.6 Å². The van der Waals surface area contributed by atoms with E-state index >= 15 is 0 Å². The summed E-state index contributed by atoms with van der Waals surface area (Å²) in [4.78, 5) is 15.5. The van der Waals surface area contributed by atoms with E-state index in [1.165, 1.54) is 11.3 Å². The van der Waals surface area contributed by atoms with E-state index < -0.39 is 10.0 Å². The standard InChI is InChI=1S/C27H29BrN3O5S2/c28-23-24(32)26(27(33)30-13-15-36-16-14-30)37-25(23)20-7-4-8-22(17-20)29-21-9-11-31(12-10-21)38(34,35)18-19-5-2-1-3-6-19/h1-8,17,21,29H,9-16,18H2. The molecule has 0 atom stereocenters. The fraction of sp³-hybridized carbons (Fsp3) is 0.370. The second kappa shape index (κ2) is 11.7. The highest BCUT2D eigenvalue weighted by molar-refractivity contribution is 9.10. The number of carbonyl (C=O) groups excluding carboxylic acids is 1. The number of hydrogen-bond acceptors (Lipinski definition) is 6. The Morgan fingerprint density at radius 1 is 1.03 bits per heavy atom. The first-order chi connectivity index (χ1) is 18.3. The molecule has 0 unspecified atom stereocenters. The molecule has 201 valence electrons. The van der Waals surface area contributed by atoms with Gasteiger partial charge in [-0.2, -0.15) is 0 Å². The Hall–Kier alpha value is -2.44. The number of piperidine rings is 1. The van der Waals surface area contributed by atoms with E-state index in [0.717, 1.165) is 21.7 Å². The van der Waals surface area contributed by atoms with Gasteiger partial charge in [0.15, 0.2) is 0 Å². The van der Waals surface area contributed by atoms with Gasteiger partial charge in [-0.3, -0.25) is 9.90 Å². The summed E-state index contributed by atoms with van der Waals surface area (Å²) < 4.78 is 33.0. The maximum Gasteiger partial charge on any atom is 0.268 e. The average molecular weight is 620 g/mol. The summed E-state index contributed by atoms with van der Waals surface area (Å²) in [5.74, 6) is -0.524. The maximum atomic E-state index is 12.9. The van der Waals surface area contributed by atoms with E-state index in [2.05, 4.69) is 21.2 Å². The Balaban J connectivity index is 1.23. The van der Waals surface area contributed by atoms with Gasteiger partial charge in [0.05, 0.1) is 28.3 Å². The lowest BCUT2D eigenvalue weighted by Gasteiger charge is -2.32. The molecule has 0 saturated carbocycles. The van der Waals surface area contributed by atoms with Crippen molar-refractivity contribution in [1.29, 1.82) is 0 Å². The van der Waals surface area contributed by atoms with Crippen molar-refractivity contribution in [3.63, 3.8) is 0 Å². The fourth-order valence-electron chi connectivity index (χ4n) is 4.77. The minimum atomic E-state index is -3.36. The van der Waals surface area contributed by atoms with Crippen molar-refractivity contribution in [2.75, 3.05) is 44.7 Å². The molecule has 2 saturated heterocycles. The van der Waals surface area contributed by atoms with Crippen LogP contribution in [0, 0.1) is 0 Å². The quantitative estimate of drug-likeness (QED) is 0.392. The van der Waals surface area contributed by atoms with Crippen molar-refractivity contribution < 1.29 is 23.1 Å². The molecule has 5 rings (SSSR count). The molecule has 2 aliphatic rings. The third-order valence-corrected chi connectivity index (χ3v) is 10.9. The lowest BCUT2D eigenvalue weighted by molar-refractivity contribution is 0.0303. The molecule has 1 amide bonds. The number of benzene rings is 2. The predicted octanol–water partition coefficient (Wildman–Crippen LogP) is 5.20. The van der Waals surface area contributed by atoms with Crippen LogP contribution in [0.4, 0.5) is 5.69 Å². The number of anilines is 1. The summed E-state index contributed by atoms with van der Waals surface area (Å²) in [6, 6.07) is 17.1. The minimum Gasteiger partial charge on any atom is -0.382 e. The largest absolute Gasteiger partial charge is 0.382 e. The van der Waals surface area contributed by atoms with Gasteiger partial charge in [0.25, 0.3) is 5.91 Å². The van der Waals surface area contributed by atoms with Crippen LogP contribution in [-0.4, -0.2) is 69.0 Å². The zero-order valence-corrected chi connectivity index (χ0v) is 24.0. The van der Waals surface area contributed by atoms with E-state index in [0.29, 0.717) is 56.7 Å². The second-order valence-electron chi connectivity index (χ2n) is 9.45. The molecule has 1 aromatic heterocycles. The molecule has 0 spiro atoms. The zero-order chi connectivity index (χ0) is 26.7. The Labute approximate surface area is 235 Å². The van der Waals surface area contributed by atoms with Gasteiger partial charge in [-0.25, -0.2) is 12.7 Å². The van der Waals surface area contributed by atoms with Gasteiger partial charge in [0.2, 0.25) is 15.8 Å². The third kappa shape index (κ3) is 6.07. The van der Waals surface area contributed by atoms with E-state index in [1.54, 1.807) is 9.21 Å². The van der Waals surface area contributed by atoms with Crippen molar-refractivity contribution in [3.05, 3.63) is 69.5 Å². The van der Waals surface area contributed by atoms with Crippen LogP contribution in [0.25, 0.3) is 10.4 Å². The van der Waals surface area contributed by atoms with Crippen molar-refractivity contribution >= 4 is 48.9 Å². The molecule has 2 fully saturated rings. The van der Waals surface area contributed by atoms with Crippen LogP contribution in [0.5, 0.6) is 5.75 Å². The Bertz CT molecular complexity index is 1380. The lowest BCUT2D eigenvalue weighted by Crippen LogP contribution is -2.42. The molecule has 2 aromatic carbocycles. The third-order valence-electron chi connectivity index (χ3n) is 6.84. The van der Waals surface area contributed by atoms with Crippen molar-refractivity contribution in [2.45, 2.75) is 24.6 Å². The number of hydrogen-bond donors (Lipinski definition) is 1. The smallest absolute Gasteiger partial charge is 0.268 e. The number of nitrogens with zero attached hydrogens (tertiary/aromatic N) is 2. The molecule has 0 aliphatic carbocycles. The molecule has 3 heterocycles. The molecule has 3 aromatic rings. The first kappa shape index (κ1) is 27.1. The molecule has 1 N–H and O–H groups in total. The fourth-order valence-corrected chi connectivity index (χ4v) is 8.18.